The number of ether oxygens (including phenoxy) is 1. The van der Waals surface area contributed by atoms with Gasteiger partial charge in [-0.2, -0.15) is 0 Å². The summed E-state index contributed by atoms with van der Waals surface area (Å²) < 4.78 is 5.14. The predicted molar refractivity (Wildman–Crippen MR) is 105 cm³/mol. The predicted octanol–water partition coefficient (Wildman–Crippen LogP) is 3.87. The number of carbonyl (C=O) groups is 2. The van der Waals surface area contributed by atoms with Crippen molar-refractivity contribution in [2.45, 2.75) is 38.6 Å². The van der Waals surface area contributed by atoms with Crippen LogP contribution in [0.4, 0.5) is 0 Å². The van der Waals surface area contributed by atoms with E-state index < -0.39 is 11.4 Å². The van der Waals surface area contributed by atoms with Crippen molar-refractivity contribution >= 4 is 11.9 Å². The molecule has 0 spiro atoms. The number of rotatable bonds is 9. The van der Waals surface area contributed by atoms with Crippen molar-refractivity contribution in [3.63, 3.8) is 0 Å². The lowest BCUT2D eigenvalue weighted by Gasteiger charge is -2.35. The minimum atomic E-state index is -1.01. The molecule has 5 heteroatoms. The molecule has 1 N–H and O–H groups in total. The molecule has 5 nitrogen and oxygen atoms in total. The van der Waals surface area contributed by atoms with E-state index in [0.717, 1.165) is 24.0 Å². The first-order valence-corrected chi connectivity index (χ1v) is 9.17. The van der Waals surface area contributed by atoms with E-state index in [0.29, 0.717) is 12.3 Å². The fourth-order valence-electron chi connectivity index (χ4n) is 3.39. The highest BCUT2D eigenvalue weighted by molar-refractivity contribution is 5.88. The third-order valence-corrected chi connectivity index (χ3v) is 4.99. The monoisotopic (exact) mass is 369 g/mol. The molecule has 0 unspecified atom stereocenters. The van der Waals surface area contributed by atoms with Gasteiger partial charge in [-0.3, -0.25) is 4.79 Å². The zero-order valence-electron chi connectivity index (χ0n) is 16.1. The molecule has 0 bridgehead atoms. The molecule has 1 amide bonds. The minimum Gasteiger partial charge on any atom is -0.482 e. The van der Waals surface area contributed by atoms with Crippen LogP contribution < -0.4 is 4.74 Å². The van der Waals surface area contributed by atoms with Gasteiger partial charge >= 0.3 is 5.97 Å². The third kappa shape index (κ3) is 4.88. The number of amides is 1. The molecule has 27 heavy (non-hydrogen) atoms. The molecule has 0 fully saturated rings. The highest BCUT2D eigenvalue weighted by Crippen LogP contribution is 2.34. The number of carbonyl (C=O) groups excluding carboxylic acids is 1. The number of hydrogen-bond acceptors (Lipinski definition) is 3. The largest absolute Gasteiger partial charge is 0.482 e. The van der Waals surface area contributed by atoms with Gasteiger partial charge in [0.1, 0.15) is 5.75 Å². The number of nitrogens with zero attached hydrogens (tertiary/aromatic N) is 1. The quantitative estimate of drug-likeness (QED) is 0.729. The number of benzene rings is 2. The van der Waals surface area contributed by atoms with Crippen LogP contribution in [-0.4, -0.2) is 35.5 Å². The van der Waals surface area contributed by atoms with Gasteiger partial charge < -0.3 is 14.7 Å². The van der Waals surface area contributed by atoms with Crippen molar-refractivity contribution in [2.75, 3.05) is 13.7 Å². The molecule has 0 saturated carbocycles. The lowest BCUT2D eigenvalue weighted by Crippen LogP contribution is -2.44. The van der Waals surface area contributed by atoms with Gasteiger partial charge in [-0.1, -0.05) is 56.3 Å². The summed E-state index contributed by atoms with van der Waals surface area (Å²) in [7, 11) is 1.82. The second-order valence-corrected chi connectivity index (χ2v) is 6.64. The Labute approximate surface area is 160 Å². The Morgan fingerprint density at radius 2 is 1.59 bits per heavy atom. The zero-order chi connectivity index (χ0) is 19.9. The topological polar surface area (TPSA) is 66.8 Å². The first-order valence-electron chi connectivity index (χ1n) is 9.17. The molecule has 0 aliphatic rings. The Hall–Kier alpha value is -2.82. The lowest BCUT2D eigenvalue weighted by atomic mass is 9.74. The zero-order valence-corrected chi connectivity index (χ0v) is 16.1. The van der Waals surface area contributed by atoms with E-state index >= 15 is 0 Å². The van der Waals surface area contributed by atoms with Crippen LogP contribution in [0.3, 0.4) is 0 Å². The number of likely N-dealkylation sites (N-methyl/N-ethyl adjacent to an activating group) is 1. The van der Waals surface area contributed by atoms with E-state index in [4.69, 9.17) is 9.84 Å². The van der Waals surface area contributed by atoms with Crippen LogP contribution in [0, 0.1) is 0 Å². The van der Waals surface area contributed by atoms with E-state index in [2.05, 4.69) is 13.8 Å². The Morgan fingerprint density at radius 3 is 2.11 bits per heavy atom. The standard InChI is InChI=1S/C22H27NO4/c1-4-22(5-2,18-9-7-6-8-10-18)21(26)23(3)15-17-11-13-19(14-12-17)27-16-20(24)25/h6-14H,4-5,15-16H2,1-3H3,(H,24,25). The molecule has 0 aromatic heterocycles. The van der Waals surface area contributed by atoms with E-state index in [1.165, 1.54) is 0 Å². The molecule has 144 valence electrons. The summed E-state index contributed by atoms with van der Waals surface area (Å²) in [6.45, 7) is 4.21. The fraction of sp³-hybridized carbons (Fsp3) is 0.364. The van der Waals surface area contributed by atoms with Crippen molar-refractivity contribution in [1.29, 1.82) is 0 Å². The van der Waals surface area contributed by atoms with Gasteiger partial charge in [0.05, 0.1) is 5.41 Å². The van der Waals surface area contributed by atoms with E-state index in [1.807, 2.05) is 49.5 Å². The van der Waals surface area contributed by atoms with Crippen LogP contribution in [0.1, 0.15) is 37.8 Å². The molecule has 0 aliphatic heterocycles. The van der Waals surface area contributed by atoms with Gasteiger partial charge in [0.25, 0.3) is 0 Å². The summed E-state index contributed by atoms with van der Waals surface area (Å²) in [4.78, 5) is 25.6. The number of hydrogen-bond donors (Lipinski definition) is 1. The summed E-state index contributed by atoms with van der Waals surface area (Å²) >= 11 is 0. The molecule has 0 aliphatic carbocycles. The van der Waals surface area contributed by atoms with Gasteiger partial charge in [-0.05, 0) is 36.1 Å². The smallest absolute Gasteiger partial charge is 0.341 e. The molecular formula is C22H27NO4. The summed E-state index contributed by atoms with van der Waals surface area (Å²) in [5.41, 5.74) is 1.48. The molecule has 0 atom stereocenters. The normalized spacial score (nSPS) is 11.1. The van der Waals surface area contributed by atoms with Crippen LogP contribution in [0.5, 0.6) is 5.75 Å². The van der Waals surface area contributed by atoms with Gasteiger partial charge in [0.2, 0.25) is 5.91 Å². The van der Waals surface area contributed by atoms with E-state index in [9.17, 15) is 9.59 Å². The van der Waals surface area contributed by atoms with Crippen molar-refractivity contribution < 1.29 is 19.4 Å². The van der Waals surface area contributed by atoms with Crippen molar-refractivity contribution in [2.24, 2.45) is 0 Å². The maximum absolute atomic E-state index is 13.3. The second-order valence-electron chi connectivity index (χ2n) is 6.64. The third-order valence-electron chi connectivity index (χ3n) is 4.99. The van der Waals surface area contributed by atoms with Crippen LogP contribution in [-0.2, 0) is 21.5 Å². The average Bonchev–Trinajstić information content (AvgIpc) is 2.69. The summed E-state index contributed by atoms with van der Waals surface area (Å²) in [5.74, 6) is -0.415. The van der Waals surface area contributed by atoms with Gasteiger partial charge in [0, 0.05) is 13.6 Å². The van der Waals surface area contributed by atoms with Crippen LogP contribution in [0.15, 0.2) is 54.6 Å². The second kappa shape index (κ2) is 9.21. The number of carboxylic acid groups (broad SMARTS) is 1. The molecule has 2 aromatic carbocycles. The minimum absolute atomic E-state index is 0.102. The van der Waals surface area contributed by atoms with Crippen molar-refractivity contribution in [3.05, 3.63) is 65.7 Å². The fourth-order valence-corrected chi connectivity index (χ4v) is 3.39. The Morgan fingerprint density at radius 1 is 1.00 bits per heavy atom. The van der Waals surface area contributed by atoms with E-state index in [1.54, 1.807) is 17.0 Å². The Kier molecular flexibility index (Phi) is 6.99. The molecule has 2 aromatic rings. The highest BCUT2D eigenvalue weighted by atomic mass is 16.5. The molecule has 0 heterocycles. The number of aliphatic carboxylic acids is 1. The molecule has 2 rings (SSSR count). The highest BCUT2D eigenvalue weighted by Gasteiger charge is 2.38. The van der Waals surface area contributed by atoms with Crippen LogP contribution in [0.25, 0.3) is 0 Å². The van der Waals surface area contributed by atoms with Crippen LogP contribution >= 0.6 is 0 Å². The van der Waals surface area contributed by atoms with Crippen molar-refractivity contribution in [3.8, 4) is 5.75 Å². The molecule has 0 radical (unpaired) electrons. The SMILES string of the molecule is CCC(CC)(C(=O)N(C)Cc1ccc(OCC(=O)O)cc1)c1ccccc1. The number of carboxylic acids is 1. The molecule has 0 saturated heterocycles. The average molecular weight is 369 g/mol. The Balaban J connectivity index is 2.12. The first-order chi connectivity index (χ1) is 12.9. The van der Waals surface area contributed by atoms with E-state index in [-0.39, 0.29) is 12.5 Å². The van der Waals surface area contributed by atoms with Crippen LogP contribution in [0.2, 0.25) is 0 Å². The maximum atomic E-state index is 13.3. The summed E-state index contributed by atoms with van der Waals surface area (Å²) in [6, 6.07) is 17.1. The Bertz CT molecular complexity index is 752. The maximum Gasteiger partial charge on any atom is 0.341 e. The van der Waals surface area contributed by atoms with Crippen molar-refractivity contribution in [1.82, 2.24) is 4.90 Å². The lowest BCUT2D eigenvalue weighted by molar-refractivity contribution is -0.139. The molecular weight excluding hydrogens is 342 g/mol. The first kappa shape index (κ1) is 20.5. The summed E-state index contributed by atoms with van der Waals surface area (Å²) in [6.07, 6.45) is 1.47. The van der Waals surface area contributed by atoms with Gasteiger partial charge in [-0.25, -0.2) is 4.79 Å². The summed E-state index contributed by atoms with van der Waals surface area (Å²) in [5, 5.41) is 8.66. The van der Waals surface area contributed by atoms with Gasteiger partial charge in [0.15, 0.2) is 6.61 Å². The van der Waals surface area contributed by atoms with Gasteiger partial charge in [-0.15, -0.1) is 0 Å².